The Bertz CT molecular complexity index is 1480. The molecule has 0 atom stereocenters. The van der Waals surface area contributed by atoms with Crippen LogP contribution in [-0.2, 0) is 12.0 Å². The number of rotatable bonds is 2. The molecule has 1 saturated heterocycles. The molecule has 0 saturated carbocycles. The average Bonchev–Trinajstić information content (AvgIpc) is 3.52. The van der Waals surface area contributed by atoms with Crippen LogP contribution < -0.4 is 10.5 Å². The van der Waals surface area contributed by atoms with Gasteiger partial charge in [0.15, 0.2) is 11.5 Å². The number of amides is 1. The monoisotopic (exact) mass is 462 g/mol. The molecule has 5 heteroatoms. The number of carbonyl (C=O) groups is 1. The van der Waals surface area contributed by atoms with Crippen molar-refractivity contribution >= 4 is 16.7 Å². The summed E-state index contributed by atoms with van der Waals surface area (Å²) in [6.07, 6.45) is 1.71. The van der Waals surface area contributed by atoms with E-state index in [1.54, 1.807) is 12.1 Å². The van der Waals surface area contributed by atoms with Gasteiger partial charge in [-0.25, -0.2) is 0 Å². The summed E-state index contributed by atoms with van der Waals surface area (Å²) < 4.78 is 11.8. The van der Waals surface area contributed by atoms with E-state index >= 15 is 0 Å². The zero-order valence-electron chi connectivity index (χ0n) is 19.4. The number of piperidine rings is 1. The minimum atomic E-state index is -0.0899. The van der Waals surface area contributed by atoms with Gasteiger partial charge in [0.05, 0.1) is 6.61 Å². The molecule has 1 fully saturated rings. The number of likely N-dealkylation sites (tertiary alicyclic amines) is 1. The van der Waals surface area contributed by atoms with E-state index in [2.05, 4.69) is 36.1 Å². The van der Waals surface area contributed by atoms with Crippen molar-refractivity contribution in [2.24, 2.45) is 5.73 Å². The van der Waals surface area contributed by atoms with E-state index < -0.39 is 0 Å². The number of fused-ring (bicyclic) bond motifs is 3. The van der Waals surface area contributed by atoms with Crippen molar-refractivity contribution < 1.29 is 13.9 Å². The highest BCUT2D eigenvalue weighted by Crippen LogP contribution is 2.46. The third-order valence-electron chi connectivity index (χ3n) is 7.29. The van der Waals surface area contributed by atoms with Crippen LogP contribution >= 0.6 is 0 Å². The molecule has 3 heterocycles. The summed E-state index contributed by atoms with van der Waals surface area (Å²) >= 11 is 0. The molecule has 35 heavy (non-hydrogen) atoms. The fraction of sp³-hybridized carbons (Fsp3) is 0.233. The maximum absolute atomic E-state index is 13.1. The lowest BCUT2D eigenvalue weighted by atomic mass is 9.74. The number of nitrogens with zero attached hydrogens (tertiary/aromatic N) is 1. The van der Waals surface area contributed by atoms with Crippen molar-refractivity contribution in [2.75, 3.05) is 19.7 Å². The second-order valence-corrected chi connectivity index (χ2v) is 9.34. The van der Waals surface area contributed by atoms with Gasteiger partial charge in [-0.05, 0) is 59.4 Å². The zero-order chi connectivity index (χ0) is 23.8. The van der Waals surface area contributed by atoms with Gasteiger partial charge in [0.25, 0.3) is 5.91 Å². The molecule has 2 N–H and O–H groups in total. The number of carbonyl (C=O) groups excluding carboxylic acids is 1. The van der Waals surface area contributed by atoms with Crippen LogP contribution in [-0.4, -0.2) is 30.5 Å². The van der Waals surface area contributed by atoms with Gasteiger partial charge < -0.3 is 19.8 Å². The van der Waals surface area contributed by atoms with E-state index in [0.717, 1.165) is 40.5 Å². The van der Waals surface area contributed by atoms with E-state index in [1.807, 2.05) is 41.3 Å². The van der Waals surface area contributed by atoms with Crippen molar-refractivity contribution in [2.45, 2.75) is 24.8 Å². The van der Waals surface area contributed by atoms with Crippen LogP contribution in [0.15, 0.2) is 77.2 Å². The first-order valence-corrected chi connectivity index (χ1v) is 12.0. The lowest BCUT2D eigenvalue weighted by Crippen LogP contribution is -2.46. The lowest BCUT2D eigenvalue weighted by molar-refractivity contribution is 0.0615. The Morgan fingerprint density at radius 1 is 0.971 bits per heavy atom. The number of benzene rings is 3. The molecule has 6 rings (SSSR count). The van der Waals surface area contributed by atoms with Gasteiger partial charge in [-0.3, -0.25) is 4.79 Å². The molecule has 1 aromatic heterocycles. The Kier molecular flexibility index (Phi) is 5.32. The molecule has 0 unspecified atom stereocenters. The molecule has 0 radical (unpaired) electrons. The van der Waals surface area contributed by atoms with Crippen LogP contribution in [0.5, 0.6) is 5.75 Å². The van der Waals surface area contributed by atoms with Crippen molar-refractivity contribution in [3.63, 3.8) is 0 Å². The summed E-state index contributed by atoms with van der Waals surface area (Å²) in [5.74, 6) is 7.95. The molecule has 1 amide bonds. The summed E-state index contributed by atoms with van der Waals surface area (Å²) in [4.78, 5) is 15.0. The largest absolute Gasteiger partial charge is 0.492 e. The molecule has 0 aliphatic carbocycles. The molecule has 4 aromatic rings. The minimum absolute atomic E-state index is 0.0461. The number of furan rings is 1. The van der Waals surface area contributed by atoms with E-state index in [-0.39, 0.29) is 11.3 Å². The highest BCUT2D eigenvalue weighted by molar-refractivity contribution is 5.92. The third-order valence-corrected chi connectivity index (χ3v) is 7.29. The number of hydrogen-bond acceptors (Lipinski definition) is 4. The molecule has 174 valence electrons. The maximum Gasteiger partial charge on any atom is 0.289 e. The third kappa shape index (κ3) is 3.86. The van der Waals surface area contributed by atoms with E-state index in [1.165, 1.54) is 5.56 Å². The normalized spacial score (nSPS) is 16.0. The van der Waals surface area contributed by atoms with Gasteiger partial charge in [-0.2, -0.15) is 0 Å². The zero-order valence-corrected chi connectivity index (χ0v) is 19.4. The van der Waals surface area contributed by atoms with Gasteiger partial charge in [0, 0.05) is 36.2 Å². The fourth-order valence-corrected chi connectivity index (χ4v) is 5.23. The predicted octanol–water partition coefficient (Wildman–Crippen LogP) is 4.86. The first-order chi connectivity index (χ1) is 17.1. The molecular weight excluding hydrogens is 436 g/mol. The molecule has 2 aliphatic rings. The van der Waals surface area contributed by atoms with E-state index in [4.69, 9.17) is 14.9 Å². The second kappa shape index (κ2) is 8.65. The topological polar surface area (TPSA) is 68.7 Å². The average molecular weight is 463 g/mol. The molecule has 2 aliphatic heterocycles. The first-order valence-electron chi connectivity index (χ1n) is 12.0. The molecule has 0 bridgehead atoms. The van der Waals surface area contributed by atoms with Gasteiger partial charge in [0.1, 0.15) is 5.75 Å². The van der Waals surface area contributed by atoms with Crippen LogP contribution in [0.25, 0.3) is 10.8 Å². The number of nitrogens with two attached hydrogens (primary N) is 1. The van der Waals surface area contributed by atoms with Crippen LogP contribution in [0, 0.1) is 11.8 Å². The Hall–Kier alpha value is -4.01. The van der Waals surface area contributed by atoms with Crippen molar-refractivity contribution in [3.05, 3.63) is 101 Å². The molecule has 1 spiro atoms. The van der Waals surface area contributed by atoms with Gasteiger partial charge >= 0.3 is 0 Å². The standard InChI is InChI=1S/C30H26N2O3/c31-19-21-8-12-27-26(18-21)30(20-34-27)14-16-32(17-15-30)29(33)28-13-11-24(35-28)10-9-23-6-3-5-22-4-1-2-7-25(22)23/h1-8,11-13,18H,14-17,19-20,31H2. The summed E-state index contributed by atoms with van der Waals surface area (Å²) in [7, 11) is 0. The smallest absolute Gasteiger partial charge is 0.289 e. The van der Waals surface area contributed by atoms with Gasteiger partial charge in [0.2, 0.25) is 0 Å². The quantitative estimate of drug-likeness (QED) is 0.432. The van der Waals surface area contributed by atoms with Crippen LogP contribution in [0.4, 0.5) is 0 Å². The molecular formula is C30H26N2O3. The Morgan fingerprint density at radius 3 is 2.66 bits per heavy atom. The SMILES string of the molecule is NCc1ccc2c(c1)C1(CCN(C(=O)c3ccc(C#Cc4cccc5ccccc45)o3)CC1)CO2. The number of hydrogen-bond donors (Lipinski definition) is 1. The fourth-order valence-electron chi connectivity index (χ4n) is 5.23. The lowest BCUT2D eigenvalue weighted by Gasteiger charge is -2.38. The van der Waals surface area contributed by atoms with Crippen LogP contribution in [0.1, 0.15) is 45.8 Å². The van der Waals surface area contributed by atoms with Gasteiger partial charge in [-0.1, -0.05) is 54.5 Å². The highest BCUT2D eigenvalue weighted by atomic mass is 16.5. The second-order valence-electron chi connectivity index (χ2n) is 9.34. The highest BCUT2D eigenvalue weighted by Gasteiger charge is 2.44. The minimum Gasteiger partial charge on any atom is -0.492 e. The summed E-state index contributed by atoms with van der Waals surface area (Å²) in [5, 5.41) is 2.25. The Labute approximate surface area is 204 Å². The van der Waals surface area contributed by atoms with E-state index in [0.29, 0.717) is 37.8 Å². The van der Waals surface area contributed by atoms with Crippen LogP contribution in [0.2, 0.25) is 0 Å². The summed E-state index contributed by atoms with van der Waals surface area (Å²) in [6.45, 7) is 2.49. The Balaban J connectivity index is 1.16. The van der Waals surface area contributed by atoms with Gasteiger partial charge in [-0.15, -0.1) is 0 Å². The van der Waals surface area contributed by atoms with Crippen molar-refractivity contribution in [1.29, 1.82) is 0 Å². The molecule has 3 aromatic carbocycles. The summed E-state index contributed by atoms with van der Waals surface area (Å²) in [6, 6.07) is 23.9. The first kappa shape index (κ1) is 21.5. The maximum atomic E-state index is 13.1. The van der Waals surface area contributed by atoms with Crippen LogP contribution in [0.3, 0.4) is 0 Å². The van der Waals surface area contributed by atoms with Crippen molar-refractivity contribution in [3.8, 4) is 17.6 Å². The van der Waals surface area contributed by atoms with E-state index in [9.17, 15) is 4.79 Å². The summed E-state index contributed by atoms with van der Waals surface area (Å²) in [5.41, 5.74) is 9.09. The number of ether oxygens (including phenoxy) is 1. The Morgan fingerprint density at radius 2 is 1.80 bits per heavy atom. The van der Waals surface area contributed by atoms with Crippen molar-refractivity contribution in [1.82, 2.24) is 4.90 Å². The predicted molar refractivity (Wildman–Crippen MR) is 135 cm³/mol. The molecule has 5 nitrogen and oxygen atoms in total.